The lowest BCUT2D eigenvalue weighted by Gasteiger charge is -2.35. The summed E-state index contributed by atoms with van der Waals surface area (Å²) in [5, 5.41) is 0.662. The van der Waals surface area contributed by atoms with Crippen molar-refractivity contribution < 1.29 is 4.42 Å². The quantitative estimate of drug-likeness (QED) is 0.707. The smallest absolute Gasteiger partial charge is 0.197 e. The number of piperazine rings is 1. The highest BCUT2D eigenvalue weighted by Crippen LogP contribution is 2.18. The van der Waals surface area contributed by atoms with Gasteiger partial charge >= 0.3 is 0 Å². The zero-order valence-corrected chi connectivity index (χ0v) is 15.5. The van der Waals surface area contributed by atoms with Crippen LogP contribution in [0, 0.1) is 6.92 Å². The number of benzene rings is 1. The Bertz CT molecular complexity index is 935. The molecule has 1 aliphatic rings. The van der Waals surface area contributed by atoms with Crippen molar-refractivity contribution in [1.82, 2.24) is 9.88 Å². The molecule has 0 saturated carbocycles. The first kappa shape index (κ1) is 18.4. The summed E-state index contributed by atoms with van der Waals surface area (Å²) >= 11 is 0. The molecule has 3 aromatic rings. The van der Waals surface area contributed by atoms with Crippen LogP contribution in [-0.2, 0) is 6.54 Å². The van der Waals surface area contributed by atoms with Crippen LogP contribution in [0.4, 0.5) is 5.82 Å². The molecule has 1 aliphatic heterocycles. The van der Waals surface area contributed by atoms with E-state index in [1.807, 2.05) is 55.6 Å². The number of hydrogen-bond donors (Lipinski definition) is 0. The van der Waals surface area contributed by atoms with Crippen molar-refractivity contribution in [2.45, 2.75) is 13.5 Å². The Morgan fingerprint density at radius 2 is 1.77 bits per heavy atom. The number of hydrogen-bond acceptors (Lipinski definition) is 5. The predicted molar refractivity (Wildman–Crippen MR) is 106 cm³/mol. The number of pyridine rings is 1. The number of nitrogens with zero attached hydrogens (tertiary/aromatic N) is 3. The van der Waals surface area contributed by atoms with Crippen molar-refractivity contribution in [2.75, 3.05) is 31.1 Å². The summed E-state index contributed by atoms with van der Waals surface area (Å²) in [6, 6.07) is 13.4. The Hall–Kier alpha value is -2.37. The van der Waals surface area contributed by atoms with Crippen LogP contribution in [0.15, 0.2) is 57.9 Å². The lowest BCUT2D eigenvalue weighted by atomic mass is 10.1. The van der Waals surface area contributed by atoms with Gasteiger partial charge in [0.1, 0.15) is 17.2 Å². The molecule has 5 nitrogen and oxygen atoms in total. The maximum atomic E-state index is 12.8. The molecule has 0 unspecified atom stereocenters. The highest BCUT2D eigenvalue weighted by molar-refractivity contribution is 5.85. The number of anilines is 1. The Labute approximate surface area is 158 Å². The second kappa shape index (κ2) is 7.89. The Balaban J connectivity index is 0.00000196. The van der Waals surface area contributed by atoms with E-state index in [-0.39, 0.29) is 17.8 Å². The first-order chi connectivity index (χ1) is 12.2. The van der Waals surface area contributed by atoms with Gasteiger partial charge in [-0.1, -0.05) is 18.2 Å². The average molecular weight is 372 g/mol. The molecule has 4 rings (SSSR count). The normalized spacial score (nSPS) is 15.0. The molecule has 0 atom stereocenters. The van der Waals surface area contributed by atoms with Crippen molar-refractivity contribution in [2.24, 2.45) is 0 Å². The SMILES string of the molecule is Cc1oc2ccccc2c(=O)c1CN1CCN(c2ccccn2)CC1.Cl. The van der Waals surface area contributed by atoms with Crippen LogP contribution in [-0.4, -0.2) is 36.1 Å². The molecule has 0 aliphatic carbocycles. The zero-order chi connectivity index (χ0) is 17.2. The van der Waals surface area contributed by atoms with Crippen LogP contribution >= 0.6 is 12.4 Å². The van der Waals surface area contributed by atoms with Gasteiger partial charge in [0.05, 0.1) is 10.9 Å². The lowest BCUT2D eigenvalue weighted by molar-refractivity contribution is 0.246. The van der Waals surface area contributed by atoms with Crippen LogP contribution in [0.3, 0.4) is 0 Å². The standard InChI is InChI=1S/C20H21N3O2.ClH/c1-15-17(20(24)16-6-2-3-7-18(16)25-15)14-22-10-12-23(13-11-22)19-8-4-5-9-21-19;/h2-9H,10-14H2,1H3;1H. The minimum atomic E-state index is 0. The summed E-state index contributed by atoms with van der Waals surface area (Å²) in [6.07, 6.45) is 1.82. The minimum absolute atomic E-state index is 0. The number of rotatable bonds is 3. The summed E-state index contributed by atoms with van der Waals surface area (Å²) in [5.41, 5.74) is 1.52. The third-order valence-electron chi connectivity index (χ3n) is 4.82. The molecule has 26 heavy (non-hydrogen) atoms. The highest BCUT2D eigenvalue weighted by Gasteiger charge is 2.20. The molecule has 0 amide bonds. The van der Waals surface area contributed by atoms with E-state index in [9.17, 15) is 4.79 Å². The Morgan fingerprint density at radius 3 is 2.50 bits per heavy atom. The van der Waals surface area contributed by atoms with E-state index in [2.05, 4.69) is 14.8 Å². The van der Waals surface area contributed by atoms with Gasteiger partial charge < -0.3 is 9.32 Å². The van der Waals surface area contributed by atoms with Crippen molar-refractivity contribution in [3.8, 4) is 0 Å². The molecule has 1 saturated heterocycles. The second-order valence-electron chi connectivity index (χ2n) is 6.41. The molecule has 0 N–H and O–H groups in total. The summed E-state index contributed by atoms with van der Waals surface area (Å²) in [4.78, 5) is 21.8. The molecule has 0 radical (unpaired) electrons. The summed E-state index contributed by atoms with van der Waals surface area (Å²) in [6.45, 7) is 6.15. The van der Waals surface area contributed by atoms with E-state index in [0.29, 0.717) is 17.5 Å². The van der Waals surface area contributed by atoms with Gasteiger partial charge in [-0.2, -0.15) is 0 Å². The monoisotopic (exact) mass is 371 g/mol. The molecular formula is C20H22ClN3O2. The van der Waals surface area contributed by atoms with Gasteiger partial charge in [0.2, 0.25) is 0 Å². The maximum Gasteiger partial charge on any atom is 0.197 e. The molecule has 1 fully saturated rings. The fourth-order valence-electron chi connectivity index (χ4n) is 3.37. The van der Waals surface area contributed by atoms with Crippen molar-refractivity contribution >= 4 is 29.2 Å². The molecular weight excluding hydrogens is 350 g/mol. The van der Waals surface area contributed by atoms with Gasteiger partial charge in [0.25, 0.3) is 0 Å². The zero-order valence-electron chi connectivity index (χ0n) is 14.7. The minimum Gasteiger partial charge on any atom is -0.461 e. The van der Waals surface area contributed by atoms with Crippen molar-refractivity contribution in [3.05, 3.63) is 70.2 Å². The first-order valence-electron chi connectivity index (χ1n) is 8.62. The lowest BCUT2D eigenvalue weighted by Crippen LogP contribution is -2.46. The van der Waals surface area contributed by atoms with E-state index >= 15 is 0 Å². The Morgan fingerprint density at radius 1 is 1.04 bits per heavy atom. The fourth-order valence-corrected chi connectivity index (χ4v) is 3.37. The molecule has 0 bridgehead atoms. The van der Waals surface area contributed by atoms with Gasteiger partial charge in [-0.3, -0.25) is 9.69 Å². The molecule has 136 valence electrons. The molecule has 6 heteroatoms. The van der Waals surface area contributed by atoms with Crippen LogP contribution < -0.4 is 10.3 Å². The van der Waals surface area contributed by atoms with Crippen LogP contribution in [0.5, 0.6) is 0 Å². The second-order valence-corrected chi connectivity index (χ2v) is 6.41. The van der Waals surface area contributed by atoms with Crippen molar-refractivity contribution in [1.29, 1.82) is 0 Å². The van der Waals surface area contributed by atoms with Gasteiger partial charge in [-0.05, 0) is 31.2 Å². The van der Waals surface area contributed by atoms with Crippen LogP contribution in [0.2, 0.25) is 0 Å². The largest absolute Gasteiger partial charge is 0.461 e. The summed E-state index contributed by atoms with van der Waals surface area (Å²) < 4.78 is 5.86. The van der Waals surface area contributed by atoms with Gasteiger partial charge in [-0.25, -0.2) is 4.98 Å². The van der Waals surface area contributed by atoms with Gasteiger partial charge in [-0.15, -0.1) is 12.4 Å². The van der Waals surface area contributed by atoms with E-state index < -0.39 is 0 Å². The number of fused-ring (bicyclic) bond motifs is 1. The fraction of sp³-hybridized carbons (Fsp3) is 0.300. The van der Waals surface area contributed by atoms with Crippen LogP contribution in [0.25, 0.3) is 11.0 Å². The average Bonchev–Trinajstić information content (AvgIpc) is 2.66. The van der Waals surface area contributed by atoms with E-state index in [0.717, 1.165) is 43.3 Å². The van der Waals surface area contributed by atoms with Gasteiger partial charge in [0.15, 0.2) is 5.43 Å². The maximum absolute atomic E-state index is 12.8. The van der Waals surface area contributed by atoms with E-state index in [4.69, 9.17) is 4.42 Å². The molecule has 1 aromatic carbocycles. The number of para-hydroxylation sites is 1. The highest BCUT2D eigenvalue weighted by atomic mass is 35.5. The first-order valence-corrected chi connectivity index (χ1v) is 8.62. The van der Waals surface area contributed by atoms with Crippen LogP contribution in [0.1, 0.15) is 11.3 Å². The number of halogens is 1. The third kappa shape index (κ3) is 3.59. The topological polar surface area (TPSA) is 49.6 Å². The summed E-state index contributed by atoms with van der Waals surface area (Å²) in [7, 11) is 0. The predicted octanol–water partition coefficient (Wildman–Crippen LogP) is 3.24. The van der Waals surface area contributed by atoms with Gasteiger partial charge in [0, 0.05) is 38.9 Å². The molecule has 0 spiro atoms. The number of aromatic nitrogens is 1. The molecule has 2 aromatic heterocycles. The number of aryl methyl sites for hydroxylation is 1. The van der Waals surface area contributed by atoms with E-state index in [1.165, 1.54) is 0 Å². The van der Waals surface area contributed by atoms with E-state index in [1.54, 1.807) is 0 Å². The molecule has 3 heterocycles. The third-order valence-corrected chi connectivity index (χ3v) is 4.82. The van der Waals surface area contributed by atoms with Crippen molar-refractivity contribution in [3.63, 3.8) is 0 Å². The summed E-state index contributed by atoms with van der Waals surface area (Å²) in [5.74, 6) is 1.74. The Kier molecular flexibility index (Phi) is 5.59.